The number of rotatable bonds is 1. The van der Waals surface area contributed by atoms with E-state index in [2.05, 4.69) is 0 Å². The van der Waals surface area contributed by atoms with Crippen molar-refractivity contribution < 1.29 is 9.52 Å². The summed E-state index contributed by atoms with van der Waals surface area (Å²) >= 11 is 0. The molecular weight excluding hydrogens is 218 g/mol. The summed E-state index contributed by atoms with van der Waals surface area (Å²) < 4.78 is 5.21. The minimum absolute atomic E-state index is 0.184. The van der Waals surface area contributed by atoms with Crippen LogP contribution in [0.5, 0.6) is 5.75 Å². The number of nitrogen functional groups attached to an aromatic ring is 1. The molecule has 3 N–H and O–H groups in total. The Morgan fingerprint density at radius 3 is 2.59 bits per heavy atom. The number of hydrogen-bond donors (Lipinski definition) is 2. The molecule has 0 aliphatic carbocycles. The van der Waals surface area contributed by atoms with Gasteiger partial charge in [-0.1, -0.05) is 26.0 Å². The van der Waals surface area contributed by atoms with Gasteiger partial charge in [-0.05, 0) is 24.0 Å². The molecule has 0 amide bonds. The van der Waals surface area contributed by atoms with Crippen LogP contribution in [0.4, 0.5) is 5.69 Å². The summed E-state index contributed by atoms with van der Waals surface area (Å²) in [4.78, 5) is 11.5. The molecule has 1 heterocycles. The van der Waals surface area contributed by atoms with E-state index in [4.69, 9.17) is 10.2 Å². The molecule has 0 aliphatic heterocycles. The molecule has 1 aromatic carbocycles. The van der Waals surface area contributed by atoms with Crippen molar-refractivity contribution >= 4 is 16.7 Å². The highest BCUT2D eigenvalue weighted by Gasteiger charge is 2.17. The van der Waals surface area contributed by atoms with Crippen LogP contribution >= 0.6 is 0 Å². The molecule has 2 aromatic rings. The van der Waals surface area contributed by atoms with Gasteiger partial charge in [0.1, 0.15) is 5.58 Å². The highest BCUT2D eigenvalue weighted by atomic mass is 16.4. The average molecular weight is 233 g/mol. The van der Waals surface area contributed by atoms with Crippen molar-refractivity contribution in [2.75, 3.05) is 5.73 Å². The maximum atomic E-state index is 11.5. The molecule has 0 spiro atoms. The van der Waals surface area contributed by atoms with Crippen molar-refractivity contribution in [2.45, 2.75) is 26.7 Å². The van der Waals surface area contributed by atoms with Crippen LogP contribution in [0.2, 0.25) is 0 Å². The molecule has 1 aromatic heterocycles. The van der Waals surface area contributed by atoms with Crippen LogP contribution < -0.4 is 11.4 Å². The largest absolute Gasteiger partial charge is 0.505 e. The molecule has 2 rings (SSSR count). The summed E-state index contributed by atoms with van der Waals surface area (Å²) in [5, 5.41) is 10.5. The van der Waals surface area contributed by atoms with Gasteiger partial charge < -0.3 is 15.3 Å². The molecule has 0 saturated heterocycles. The van der Waals surface area contributed by atoms with Gasteiger partial charge in [-0.15, -0.1) is 0 Å². The van der Waals surface area contributed by atoms with E-state index in [1.165, 1.54) is 0 Å². The normalized spacial score (nSPS) is 11.3. The maximum absolute atomic E-state index is 11.5. The van der Waals surface area contributed by atoms with Crippen molar-refractivity contribution in [3.8, 4) is 5.75 Å². The van der Waals surface area contributed by atoms with Crippen LogP contribution in [-0.2, 0) is 0 Å². The Labute approximate surface area is 98.7 Å². The highest BCUT2D eigenvalue weighted by Crippen LogP contribution is 2.34. The van der Waals surface area contributed by atoms with E-state index in [9.17, 15) is 9.90 Å². The number of benzene rings is 1. The zero-order valence-corrected chi connectivity index (χ0v) is 10.1. The second-order valence-corrected chi connectivity index (χ2v) is 4.48. The Bertz CT molecular complexity index is 641. The van der Waals surface area contributed by atoms with E-state index in [1.54, 1.807) is 0 Å². The molecule has 0 atom stereocenters. The first kappa shape index (κ1) is 11.5. The third-order valence-electron chi connectivity index (χ3n) is 2.93. The van der Waals surface area contributed by atoms with Gasteiger partial charge in [0.25, 0.3) is 0 Å². The fourth-order valence-electron chi connectivity index (χ4n) is 1.94. The Hall–Kier alpha value is -1.97. The fraction of sp³-hybridized carbons (Fsp3) is 0.308. The summed E-state index contributed by atoms with van der Waals surface area (Å²) in [5.41, 5.74) is 6.71. The van der Waals surface area contributed by atoms with E-state index in [0.717, 1.165) is 11.1 Å². The van der Waals surface area contributed by atoms with Crippen molar-refractivity contribution in [3.63, 3.8) is 0 Å². The monoisotopic (exact) mass is 233 g/mol. The Kier molecular flexibility index (Phi) is 2.58. The molecule has 0 aliphatic rings. The maximum Gasteiger partial charge on any atom is 0.363 e. The first-order valence-electron chi connectivity index (χ1n) is 5.48. The molecule has 90 valence electrons. The third kappa shape index (κ3) is 1.65. The average Bonchev–Trinajstić information content (AvgIpc) is 2.25. The highest BCUT2D eigenvalue weighted by molar-refractivity contribution is 5.92. The minimum Gasteiger partial charge on any atom is -0.505 e. The number of aromatic hydroxyl groups is 1. The molecule has 17 heavy (non-hydrogen) atoms. The molecule has 4 nitrogen and oxygen atoms in total. The van der Waals surface area contributed by atoms with Crippen LogP contribution in [0.1, 0.15) is 30.9 Å². The summed E-state index contributed by atoms with van der Waals surface area (Å²) in [5.74, 6) is 0.0144. The van der Waals surface area contributed by atoms with Gasteiger partial charge in [0.2, 0.25) is 0 Å². The predicted molar refractivity (Wildman–Crippen MR) is 67.4 cm³/mol. The molecule has 0 unspecified atom stereocenters. The van der Waals surface area contributed by atoms with Gasteiger partial charge in [0.05, 0.1) is 5.39 Å². The second-order valence-electron chi connectivity index (χ2n) is 4.48. The predicted octanol–water partition coefficient (Wildman–Crippen LogP) is 2.51. The quantitative estimate of drug-likeness (QED) is 0.742. The van der Waals surface area contributed by atoms with Crippen LogP contribution in [0.15, 0.2) is 21.3 Å². The lowest BCUT2D eigenvalue weighted by Crippen LogP contribution is -2.08. The molecule has 0 fully saturated rings. The standard InChI is InChI=1S/C13H15NO3/c1-6(2)8-5-4-7(3)9-11(15)10(14)13(16)17-12(8)9/h4-6,15H,14H2,1-3H3. The van der Waals surface area contributed by atoms with Crippen LogP contribution in [0.3, 0.4) is 0 Å². The number of hydrogen-bond acceptors (Lipinski definition) is 4. The lowest BCUT2D eigenvalue weighted by atomic mass is 9.97. The molecule has 4 heteroatoms. The third-order valence-corrected chi connectivity index (χ3v) is 2.93. The molecule has 0 bridgehead atoms. The van der Waals surface area contributed by atoms with Gasteiger partial charge in [0, 0.05) is 0 Å². The van der Waals surface area contributed by atoms with Gasteiger partial charge in [-0.25, -0.2) is 4.79 Å². The molecule has 0 radical (unpaired) electrons. The number of anilines is 1. The SMILES string of the molecule is Cc1ccc(C(C)C)c2oc(=O)c(N)c(O)c12. The summed E-state index contributed by atoms with van der Waals surface area (Å²) in [6, 6.07) is 3.79. The van der Waals surface area contributed by atoms with E-state index in [1.807, 2.05) is 32.9 Å². The van der Waals surface area contributed by atoms with Crippen LogP contribution in [-0.4, -0.2) is 5.11 Å². The number of aryl methyl sites for hydroxylation is 1. The van der Waals surface area contributed by atoms with Gasteiger partial charge in [0.15, 0.2) is 11.4 Å². The number of fused-ring (bicyclic) bond motifs is 1. The summed E-state index contributed by atoms with van der Waals surface area (Å²) in [7, 11) is 0. The Balaban J connectivity index is 3.03. The zero-order chi connectivity index (χ0) is 12.7. The zero-order valence-electron chi connectivity index (χ0n) is 10.1. The molecule has 0 saturated carbocycles. The van der Waals surface area contributed by atoms with Crippen molar-refractivity contribution in [3.05, 3.63) is 33.7 Å². The van der Waals surface area contributed by atoms with Crippen molar-refractivity contribution in [2.24, 2.45) is 0 Å². The first-order chi connectivity index (χ1) is 7.93. The van der Waals surface area contributed by atoms with Gasteiger partial charge in [-0.2, -0.15) is 0 Å². The van der Waals surface area contributed by atoms with Crippen molar-refractivity contribution in [1.82, 2.24) is 0 Å². The van der Waals surface area contributed by atoms with E-state index >= 15 is 0 Å². The topological polar surface area (TPSA) is 76.5 Å². The lowest BCUT2D eigenvalue weighted by Gasteiger charge is -2.12. The number of nitrogens with two attached hydrogens (primary N) is 1. The van der Waals surface area contributed by atoms with Gasteiger partial charge in [-0.3, -0.25) is 0 Å². The molecular formula is C13H15NO3. The fourth-order valence-corrected chi connectivity index (χ4v) is 1.94. The second kappa shape index (κ2) is 3.80. The summed E-state index contributed by atoms with van der Waals surface area (Å²) in [6.07, 6.45) is 0. The van der Waals surface area contributed by atoms with E-state index in [0.29, 0.717) is 11.0 Å². The first-order valence-corrected chi connectivity index (χ1v) is 5.48. The van der Waals surface area contributed by atoms with Crippen molar-refractivity contribution in [1.29, 1.82) is 0 Å². The minimum atomic E-state index is -0.692. The van der Waals surface area contributed by atoms with E-state index in [-0.39, 0.29) is 17.4 Å². The van der Waals surface area contributed by atoms with E-state index < -0.39 is 5.63 Å². The van der Waals surface area contributed by atoms with Gasteiger partial charge >= 0.3 is 5.63 Å². The smallest absolute Gasteiger partial charge is 0.363 e. The van der Waals surface area contributed by atoms with Crippen LogP contribution in [0, 0.1) is 6.92 Å². The Morgan fingerprint density at radius 1 is 1.35 bits per heavy atom. The lowest BCUT2D eigenvalue weighted by molar-refractivity contribution is 0.471. The Morgan fingerprint density at radius 2 is 2.00 bits per heavy atom. The summed E-state index contributed by atoms with van der Waals surface area (Å²) in [6.45, 7) is 5.83. The van der Waals surface area contributed by atoms with Crippen LogP contribution in [0.25, 0.3) is 11.0 Å².